The molecule has 4 heterocycles. The summed E-state index contributed by atoms with van der Waals surface area (Å²) in [5.41, 5.74) is 4.10. The van der Waals surface area contributed by atoms with Gasteiger partial charge in [0.05, 0.1) is 48.2 Å². The Hall–Kier alpha value is -4.34. The minimum atomic E-state index is -0.288. The molecule has 0 aliphatic rings. The van der Waals surface area contributed by atoms with Gasteiger partial charge in [0.2, 0.25) is 0 Å². The van der Waals surface area contributed by atoms with Crippen molar-refractivity contribution in [2.24, 2.45) is 7.05 Å². The Balaban J connectivity index is 1.71. The van der Waals surface area contributed by atoms with Crippen LogP contribution in [0.4, 0.5) is 5.69 Å². The highest BCUT2D eigenvalue weighted by Crippen LogP contribution is 2.35. The molecule has 1 unspecified atom stereocenters. The fraction of sp³-hybridized carbons (Fsp3) is 0.217. The van der Waals surface area contributed by atoms with Gasteiger partial charge in [0.25, 0.3) is 5.56 Å². The fourth-order valence-electron chi connectivity index (χ4n) is 3.93. The van der Waals surface area contributed by atoms with Crippen molar-refractivity contribution in [1.29, 1.82) is 0 Å². The number of nitrogens with one attached hydrogen (secondary N) is 3. The van der Waals surface area contributed by atoms with Gasteiger partial charge in [-0.3, -0.25) is 14.5 Å². The maximum atomic E-state index is 13.2. The van der Waals surface area contributed by atoms with Crippen molar-refractivity contribution in [3.63, 3.8) is 0 Å². The van der Waals surface area contributed by atoms with Gasteiger partial charge in [0.1, 0.15) is 16.9 Å². The first-order valence-corrected chi connectivity index (χ1v) is 10.4. The molecule has 5 rings (SSSR count). The van der Waals surface area contributed by atoms with E-state index in [1.165, 1.54) is 0 Å². The zero-order valence-corrected chi connectivity index (χ0v) is 18.6. The lowest BCUT2D eigenvalue weighted by atomic mass is 10.1. The van der Waals surface area contributed by atoms with Gasteiger partial charge in [-0.2, -0.15) is 5.10 Å². The molecule has 0 amide bonds. The molecule has 5 aromatic rings. The second kappa shape index (κ2) is 7.97. The van der Waals surface area contributed by atoms with Crippen molar-refractivity contribution in [2.75, 3.05) is 19.5 Å². The van der Waals surface area contributed by atoms with E-state index in [1.807, 2.05) is 32.2 Å². The number of aromatic amines is 2. The quantitative estimate of drug-likeness (QED) is 0.366. The Morgan fingerprint density at radius 1 is 1.09 bits per heavy atom. The summed E-state index contributed by atoms with van der Waals surface area (Å²) in [5, 5.41) is 8.02. The maximum absolute atomic E-state index is 13.2. The van der Waals surface area contributed by atoms with Gasteiger partial charge in [-0.05, 0) is 19.1 Å². The first-order valence-electron chi connectivity index (χ1n) is 10.4. The Labute approximate surface area is 188 Å². The molecule has 10 heteroatoms. The van der Waals surface area contributed by atoms with Crippen LogP contribution in [-0.2, 0) is 7.05 Å². The second-order valence-electron chi connectivity index (χ2n) is 7.70. The van der Waals surface area contributed by atoms with Crippen molar-refractivity contribution in [3.8, 4) is 22.9 Å². The predicted molar refractivity (Wildman–Crippen MR) is 126 cm³/mol. The number of fused-ring (bicyclic) bond motifs is 2. The number of H-pyrrole nitrogens is 2. The highest BCUT2D eigenvalue weighted by Gasteiger charge is 2.22. The van der Waals surface area contributed by atoms with Crippen LogP contribution in [0.3, 0.4) is 0 Å². The summed E-state index contributed by atoms with van der Waals surface area (Å²) < 4.78 is 12.4. The number of hydrogen-bond acceptors (Lipinski definition) is 7. The minimum absolute atomic E-state index is 0.179. The SMILES string of the molecule is COc1cc2nc(-c3c(NC(C)c4ccccn4)c4nn(C)cc4[nH]c3=O)[nH]c2cc1OC. The Bertz CT molecular complexity index is 1480. The number of hydrogen-bond donors (Lipinski definition) is 3. The number of aromatic nitrogens is 6. The maximum Gasteiger partial charge on any atom is 0.261 e. The number of methoxy groups -OCH3 is 2. The topological polar surface area (TPSA) is 123 Å². The third kappa shape index (κ3) is 3.55. The molecule has 168 valence electrons. The Morgan fingerprint density at radius 3 is 2.61 bits per heavy atom. The van der Waals surface area contributed by atoms with E-state index in [9.17, 15) is 4.79 Å². The number of rotatable bonds is 6. The highest BCUT2D eigenvalue weighted by atomic mass is 16.5. The molecule has 3 N–H and O–H groups in total. The minimum Gasteiger partial charge on any atom is -0.493 e. The summed E-state index contributed by atoms with van der Waals surface area (Å²) in [4.78, 5) is 28.5. The zero-order chi connectivity index (χ0) is 23.1. The van der Waals surface area contributed by atoms with E-state index in [1.54, 1.807) is 43.4 Å². The van der Waals surface area contributed by atoms with E-state index in [0.717, 1.165) is 5.69 Å². The first-order chi connectivity index (χ1) is 16.0. The number of ether oxygens (including phenoxy) is 2. The molecular formula is C23H23N7O3. The van der Waals surface area contributed by atoms with E-state index in [0.29, 0.717) is 50.6 Å². The summed E-state index contributed by atoms with van der Waals surface area (Å²) >= 11 is 0. The lowest BCUT2D eigenvalue weighted by Gasteiger charge is -2.17. The van der Waals surface area contributed by atoms with Crippen LogP contribution in [0.25, 0.3) is 33.5 Å². The molecule has 33 heavy (non-hydrogen) atoms. The third-order valence-corrected chi connectivity index (χ3v) is 5.51. The monoisotopic (exact) mass is 445 g/mol. The number of benzene rings is 1. The van der Waals surface area contributed by atoms with E-state index < -0.39 is 0 Å². The summed E-state index contributed by atoms with van der Waals surface area (Å²) in [6.45, 7) is 1.98. The molecule has 0 bridgehead atoms. The standard InChI is InChI=1S/C23H23N7O3/c1-12(13-7-5-6-8-24-13)25-21-19(23(31)28-16-11-30(2)29-20(16)21)22-26-14-9-17(32-3)18(33-4)10-15(14)27-22/h5-12,25H,1-4H3,(H,26,27)(H,28,31). The number of imidazole rings is 1. The molecule has 0 aliphatic carbocycles. The van der Waals surface area contributed by atoms with Gasteiger partial charge < -0.3 is 24.8 Å². The Kier molecular flexibility index (Phi) is 4.97. The second-order valence-corrected chi connectivity index (χ2v) is 7.70. The van der Waals surface area contributed by atoms with Gasteiger partial charge in [0.15, 0.2) is 11.5 Å². The van der Waals surface area contributed by atoms with Crippen LogP contribution in [-0.4, -0.2) is 43.9 Å². The molecule has 1 aromatic carbocycles. The summed E-state index contributed by atoms with van der Waals surface area (Å²) in [7, 11) is 4.95. The number of nitrogens with zero attached hydrogens (tertiary/aromatic N) is 4. The van der Waals surface area contributed by atoms with Crippen molar-refractivity contribution in [2.45, 2.75) is 13.0 Å². The van der Waals surface area contributed by atoms with E-state index in [2.05, 4.69) is 30.4 Å². The molecule has 0 spiro atoms. The van der Waals surface area contributed by atoms with Gasteiger partial charge in [-0.15, -0.1) is 0 Å². The molecule has 10 nitrogen and oxygen atoms in total. The highest BCUT2D eigenvalue weighted by molar-refractivity contribution is 5.96. The molecule has 0 aliphatic heterocycles. The number of pyridine rings is 2. The van der Waals surface area contributed by atoms with Crippen LogP contribution in [0, 0.1) is 0 Å². The smallest absolute Gasteiger partial charge is 0.261 e. The van der Waals surface area contributed by atoms with Crippen LogP contribution in [0.15, 0.2) is 47.5 Å². The van der Waals surface area contributed by atoms with Crippen LogP contribution in [0.1, 0.15) is 18.7 Å². The van der Waals surface area contributed by atoms with Gasteiger partial charge in [-0.25, -0.2) is 4.98 Å². The molecule has 1 atom stereocenters. The van der Waals surface area contributed by atoms with Crippen molar-refractivity contribution in [3.05, 3.63) is 58.8 Å². The lowest BCUT2D eigenvalue weighted by molar-refractivity contribution is 0.356. The van der Waals surface area contributed by atoms with Crippen molar-refractivity contribution in [1.82, 2.24) is 29.7 Å². The predicted octanol–water partition coefficient (Wildman–Crippen LogP) is 3.39. The first kappa shape index (κ1) is 20.6. The van der Waals surface area contributed by atoms with Crippen molar-refractivity contribution < 1.29 is 9.47 Å². The normalized spacial score (nSPS) is 12.2. The average molecular weight is 445 g/mol. The molecular weight excluding hydrogens is 422 g/mol. The molecule has 4 aromatic heterocycles. The summed E-state index contributed by atoms with van der Waals surface area (Å²) in [5.74, 6) is 1.53. The average Bonchev–Trinajstić information content (AvgIpc) is 3.40. The number of anilines is 1. The molecule has 0 saturated heterocycles. The zero-order valence-electron chi connectivity index (χ0n) is 18.6. The third-order valence-electron chi connectivity index (χ3n) is 5.51. The van der Waals surface area contributed by atoms with Crippen LogP contribution < -0.4 is 20.3 Å². The molecule has 0 saturated carbocycles. The van der Waals surface area contributed by atoms with Crippen LogP contribution >= 0.6 is 0 Å². The summed E-state index contributed by atoms with van der Waals surface area (Å²) in [6, 6.07) is 9.10. The largest absolute Gasteiger partial charge is 0.493 e. The number of aryl methyl sites for hydroxylation is 1. The van der Waals surface area contributed by atoms with E-state index in [-0.39, 0.29) is 11.6 Å². The van der Waals surface area contributed by atoms with Gasteiger partial charge in [-0.1, -0.05) is 6.07 Å². The summed E-state index contributed by atoms with van der Waals surface area (Å²) in [6.07, 6.45) is 3.51. The van der Waals surface area contributed by atoms with E-state index in [4.69, 9.17) is 9.47 Å². The molecule has 0 fully saturated rings. The van der Waals surface area contributed by atoms with Gasteiger partial charge in [0, 0.05) is 31.6 Å². The Morgan fingerprint density at radius 2 is 1.88 bits per heavy atom. The van der Waals surface area contributed by atoms with Gasteiger partial charge >= 0.3 is 0 Å². The lowest BCUT2D eigenvalue weighted by Crippen LogP contribution is -2.16. The fourth-order valence-corrected chi connectivity index (χ4v) is 3.93. The molecule has 0 radical (unpaired) electrons. The van der Waals surface area contributed by atoms with E-state index >= 15 is 0 Å². The van der Waals surface area contributed by atoms with Crippen molar-refractivity contribution >= 4 is 27.8 Å². The van der Waals surface area contributed by atoms with Crippen LogP contribution in [0.2, 0.25) is 0 Å². The van der Waals surface area contributed by atoms with Crippen LogP contribution in [0.5, 0.6) is 11.5 Å².